The van der Waals surface area contributed by atoms with Gasteiger partial charge in [-0.3, -0.25) is 0 Å². The highest BCUT2D eigenvalue weighted by Crippen LogP contribution is 2.11. The van der Waals surface area contributed by atoms with Crippen molar-refractivity contribution in [3.05, 3.63) is 29.8 Å². The van der Waals surface area contributed by atoms with Crippen LogP contribution in [0.1, 0.15) is 32.8 Å². The predicted molar refractivity (Wildman–Crippen MR) is 79.6 cm³/mol. The Morgan fingerprint density at radius 3 is 2.47 bits per heavy atom. The van der Waals surface area contributed by atoms with E-state index in [1.54, 1.807) is 0 Å². The summed E-state index contributed by atoms with van der Waals surface area (Å²) in [5.74, 6) is 1.65. The normalized spacial score (nSPS) is 10.9. The summed E-state index contributed by atoms with van der Waals surface area (Å²) in [6.07, 6.45) is 1.14. The van der Waals surface area contributed by atoms with Gasteiger partial charge in [0.25, 0.3) is 0 Å². The van der Waals surface area contributed by atoms with E-state index in [0.717, 1.165) is 44.4 Å². The molecule has 0 saturated carbocycles. The minimum atomic E-state index is 0.714. The lowest BCUT2D eigenvalue weighted by Crippen LogP contribution is -2.19. The number of rotatable bonds is 10. The molecule has 0 radical (unpaired) electrons. The van der Waals surface area contributed by atoms with Crippen molar-refractivity contribution in [2.24, 2.45) is 5.92 Å². The van der Waals surface area contributed by atoms with E-state index < -0.39 is 0 Å². The first-order chi connectivity index (χ1) is 9.22. The van der Waals surface area contributed by atoms with Gasteiger partial charge >= 0.3 is 0 Å². The Bertz CT molecular complexity index is 322. The van der Waals surface area contributed by atoms with Crippen LogP contribution < -0.4 is 10.1 Å². The Morgan fingerprint density at radius 1 is 1.11 bits per heavy atom. The highest BCUT2D eigenvalue weighted by molar-refractivity contribution is 5.27. The number of ether oxygens (including phenoxy) is 2. The Hall–Kier alpha value is -1.06. The average molecular weight is 265 g/mol. The zero-order valence-corrected chi connectivity index (χ0v) is 12.4. The second kappa shape index (κ2) is 9.82. The Balaban J connectivity index is 2.05. The molecule has 1 rings (SSSR count). The SMILES string of the molecule is CCOc1ccc(CNCCOCCC(C)C)cc1. The molecule has 0 aliphatic carbocycles. The standard InChI is InChI=1S/C16H27NO2/c1-4-19-16-7-5-15(6-8-16)13-17-10-12-18-11-9-14(2)3/h5-8,14,17H,4,9-13H2,1-3H3. The van der Waals surface area contributed by atoms with Gasteiger partial charge in [-0.05, 0) is 37.0 Å². The Kier molecular flexibility index (Phi) is 8.26. The maximum absolute atomic E-state index is 5.55. The molecule has 0 bridgehead atoms. The fourth-order valence-corrected chi connectivity index (χ4v) is 1.67. The lowest BCUT2D eigenvalue weighted by molar-refractivity contribution is 0.125. The Labute approximate surface area is 117 Å². The zero-order valence-electron chi connectivity index (χ0n) is 12.4. The summed E-state index contributed by atoms with van der Waals surface area (Å²) < 4.78 is 11.0. The molecule has 0 aromatic heterocycles. The summed E-state index contributed by atoms with van der Waals surface area (Å²) in [6, 6.07) is 8.22. The van der Waals surface area contributed by atoms with E-state index in [1.165, 1.54) is 5.56 Å². The van der Waals surface area contributed by atoms with Crippen LogP contribution in [0.5, 0.6) is 5.75 Å². The molecular weight excluding hydrogens is 238 g/mol. The van der Waals surface area contributed by atoms with E-state index in [4.69, 9.17) is 9.47 Å². The molecule has 0 heterocycles. The largest absolute Gasteiger partial charge is 0.494 e. The molecule has 0 aliphatic rings. The van der Waals surface area contributed by atoms with Gasteiger partial charge in [-0.25, -0.2) is 0 Å². The van der Waals surface area contributed by atoms with Crippen LogP contribution in [0.2, 0.25) is 0 Å². The van der Waals surface area contributed by atoms with Crippen molar-refractivity contribution in [2.45, 2.75) is 33.7 Å². The first-order valence-corrected chi connectivity index (χ1v) is 7.22. The molecular formula is C16H27NO2. The number of nitrogens with one attached hydrogen (secondary N) is 1. The molecule has 3 heteroatoms. The minimum absolute atomic E-state index is 0.714. The second-order valence-corrected chi connectivity index (χ2v) is 5.05. The van der Waals surface area contributed by atoms with Gasteiger partial charge < -0.3 is 14.8 Å². The van der Waals surface area contributed by atoms with Crippen LogP contribution in [0.25, 0.3) is 0 Å². The molecule has 108 valence electrons. The van der Waals surface area contributed by atoms with Gasteiger partial charge in [-0.1, -0.05) is 26.0 Å². The van der Waals surface area contributed by atoms with Crippen molar-refractivity contribution < 1.29 is 9.47 Å². The van der Waals surface area contributed by atoms with Gasteiger partial charge in [0.1, 0.15) is 5.75 Å². The fraction of sp³-hybridized carbons (Fsp3) is 0.625. The van der Waals surface area contributed by atoms with Crippen LogP contribution in [-0.2, 0) is 11.3 Å². The molecule has 0 unspecified atom stereocenters. The van der Waals surface area contributed by atoms with Crippen LogP contribution in [0.15, 0.2) is 24.3 Å². The molecule has 0 fully saturated rings. The highest BCUT2D eigenvalue weighted by atomic mass is 16.5. The molecule has 1 N–H and O–H groups in total. The monoisotopic (exact) mass is 265 g/mol. The molecule has 0 amide bonds. The molecule has 19 heavy (non-hydrogen) atoms. The fourth-order valence-electron chi connectivity index (χ4n) is 1.67. The van der Waals surface area contributed by atoms with Gasteiger partial charge in [-0.2, -0.15) is 0 Å². The van der Waals surface area contributed by atoms with Crippen LogP contribution >= 0.6 is 0 Å². The molecule has 1 aromatic carbocycles. The van der Waals surface area contributed by atoms with Crippen LogP contribution in [-0.4, -0.2) is 26.4 Å². The lowest BCUT2D eigenvalue weighted by atomic mass is 10.1. The van der Waals surface area contributed by atoms with Gasteiger partial charge in [0.15, 0.2) is 0 Å². The number of hydrogen-bond donors (Lipinski definition) is 1. The molecule has 0 spiro atoms. The van der Waals surface area contributed by atoms with Crippen molar-refractivity contribution >= 4 is 0 Å². The molecule has 0 aliphatic heterocycles. The van der Waals surface area contributed by atoms with Crippen LogP contribution in [0.4, 0.5) is 0 Å². The predicted octanol–water partition coefficient (Wildman–Crippen LogP) is 3.24. The zero-order chi connectivity index (χ0) is 13.9. The van der Waals surface area contributed by atoms with Gasteiger partial charge in [0.05, 0.1) is 13.2 Å². The van der Waals surface area contributed by atoms with E-state index in [1.807, 2.05) is 19.1 Å². The summed E-state index contributed by atoms with van der Waals surface area (Å²) in [7, 11) is 0. The summed E-state index contributed by atoms with van der Waals surface area (Å²) in [4.78, 5) is 0. The van der Waals surface area contributed by atoms with Gasteiger partial charge in [-0.15, -0.1) is 0 Å². The third kappa shape index (κ3) is 7.85. The maximum Gasteiger partial charge on any atom is 0.119 e. The van der Waals surface area contributed by atoms with Crippen molar-refractivity contribution in [2.75, 3.05) is 26.4 Å². The van der Waals surface area contributed by atoms with E-state index in [9.17, 15) is 0 Å². The molecule has 0 atom stereocenters. The molecule has 0 saturated heterocycles. The summed E-state index contributed by atoms with van der Waals surface area (Å²) in [6.45, 7) is 10.6. The highest BCUT2D eigenvalue weighted by Gasteiger charge is 1.96. The quantitative estimate of drug-likeness (QED) is 0.659. The summed E-state index contributed by atoms with van der Waals surface area (Å²) >= 11 is 0. The molecule has 3 nitrogen and oxygen atoms in total. The second-order valence-electron chi connectivity index (χ2n) is 5.05. The van der Waals surface area contributed by atoms with Crippen LogP contribution in [0.3, 0.4) is 0 Å². The number of hydrogen-bond acceptors (Lipinski definition) is 3. The number of benzene rings is 1. The average Bonchev–Trinajstić information content (AvgIpc) is 2.39. The van der Waals surface area contributed by atoms with E-state index in [-0.39, 0.29) is 0 Å². The smallest absolute Gasteiger partial charge is 0.119 e. The van der Waals surface area contributed by atoms with E-state index in [2.05, 4.69) is 31.3 Å². The maximum atomic E-state index is 5.55. The third-order valence-corrected chi connectivity index (χ3v) is 2.83. The van der Waals surface area contributed by atoms with E-state index >= 15 is 0 Å². The van der Waals surface area contributed by atoms with Crippen LogP contribution in [0, 0.1) is 5.92 Å². The summed E-state index contributed by atoms with van der Waals surface area (Å²) in [5.41, 5.74) is 1.27. The van der Waals surface area contributed by atoms with Crippen molar-refractivity contribution in [1.29, 1.82) is 0 Å². The van der Waals surface area contributed by atoms with Gasteiger partial charge in [0, 0.05) is 19.7 Å². The van der Waals surface area contributed by atoms with Crippen molar-refractivity contribution in [1.82, 2.24) is 5.32 Å². The molecule has 1 aromatic rings. The topological polar surface area (TPSA) is 30.5 Å². The minimum Gasteiger partial charge on any atom is -0.494 e. The van der Waals surface area contributed by atoms with Crippen molar-refractivity contribution in [3.63, 3.8) is 0 Å². The first-order valence-electron chi connectivity index (χ1n) is 7.22. The van der Waals surface area contributed by atoms with Crippen molar-refractivity contribution in [3.8, 4) is 5.75 Å². The van der Waals surface area contributed by atoms with E-state index in [0.29, 0.717) is 6.61 Å². The summed E-state index contributed by atoms with van der Waals surface area (Å²) in [5, 5.41) is 3.38. The van der Waals surface area contributed by atoms with Gasteiger partial charge in [0.2, 0.25) is 0 Å². The Morgan fingerprint density at radius 2 is 1.84 bits per heavy atom. The first kappa shape index (κ1) is 16.0. The lowest BCUT2D eigenvalue weighted by Gasteiger charge is -2.08. The third-order valence-electron chi connectivity index (χ3n) is 2.83.